The van der Waals surface area contributed by atoms with Gasteiger partial charge in [-0.3, -0.25) is 0 Å². The summed E-state index contributed by atoms with van der Waals surface area (Å²) in [6.45, 7) is 4.75. The third kappa shape index (κ3) is 3.99. The van der Waals surface area contributed by atoms with Gasteiger partial charge in [0.2, 0.25) is 0 Å². The maximum absolute atomic E-state index is 2.45. The van der Waals surface area contributed by atoms with Crippen molar-refractivity contribution >= 4 is 32.3 Å². The van der Waals surface area contributed by atoms with E-state index < -0.39 is 0 Å². The average molecular weight is 573 g/mol. The molecule has 8 aromatic rings. The normalized spacial score (nSPS) is 13.3. The molecule has 0 heteroatoms. The molecule has 0 nitrogen and oxygen atoms in total. The lowest BCUT2D eigenvalue weighted by Crippen LogP contribution is -2.15. The SMILES string of the molecule is CC1(C)c2cc(-c3ccccc3)ccc2-c2ccc(-c3cccc4ccc(-c5cc6ccccc6c6ccccc56)cc34)cc21. The summed E-state index contributed by atoms with van der Waals surface area (Å²) < 4.78 is 0. The Hall–Kier alpha value is -5.46. The lowest BCUT2D eigenvalue weighted by Gasteiger charge is -2.23. The first-order valence-electron chi connectivity index (χ1n) is 15.9. The highest BCUT2D eigenvalue weighted by Crippen LogP contribution is 2.51. The Labute approximate surface area is 264 Å². The number of fused-ring (bicyclic) bond motifs is 7. The predicted octanol–water partition coefficient (Wildman–Crippen LogP) is 12.5. The molecule has 0 saturated heterocycles. The van der Waals surface area contributed by atoms with Crippen LogP contribution < -0.4 is 0 Å². The van der Waals surface area contributed by atoms with E-state index in [1.165, 1.54) is 88.0 Å². The van der Waals surface area contributed by atoms with Crippen molar-refractivity contribution in [3.8, 4) is 44.5 Å². The Kier molecular flexibility index (Phi) is 5.64. The minimum absolute atomic E-state index is 0.0920. The van der Waals surface area contributed by atoms with Crippen LogP contribution in [0.15, 0.2) is 158 Å². The van der Waals surface area contributed by atoms with Gasteiger partial charge in [0, 0.05) is 5.41 Å². The van der Waals surface area contributed by atoms with Crippen LogP contribution in [0.1, 0.15) is 25.0 Å². The molecule has 0 fully saturated rings. The highest BCUT2D eigenvalue weighted by Gasteiger charge is 2.36. The molecule has 45 heavy (non-hydrogen) atoms. The van der Waals surface area contributed by atoms with Crippen molar-refractivity contribution < 1.29 is 0 Å². The molecular formula is C45H32. The summed E-state index contributed by atoms with van der Waals surface area (Å²) in [4.78, 5) is 0. The Morgan fingerprint density at radius 3 is 1.71 bits per heavy atom. The van der Waals surface area contributed by atoms with Crippen LogP contribution in [0.25, 0.3) is 76.8 Å². The van der Waals surface area contributed by atoms with Crippen molar-refractivity contribution in [2.45, 2.75) is 19.3 Å². The van der Waals surface area contributed by atoms with Crippen LogP contribution in [-0.4, -0.2) is 0 Å². The number of benzene rings is 8. The molecule has 0 bridgehead atoms. The summed E-state index contributed by atoms with van der Waals surface area (Å²) in [5.74, 6) is 0. The van der Waals surface area contributed by atoms with E-state index in [0.29, 0.717) is 0 Å². The standard InChI is InChI=1S/C45H32/c1-45(2)43-27-31(29-11-4-3-5-12-29)21-23-39(43)40-24-22-34(28-44(40)45)36-18-10-14-30-19-20-33(26-41(30)36)42-25-32-13-6-7-15-35(32)37-16-8-9-17-38(37)42/h3-28H,1-2H3. The van der Waals surface area contributed by atoms with Crippen molar-refractivity contribution in [1.82, 2.24) is 0 Å². The zero-order valence-corrected chi connectivity index (χ0v) is 25.5. The van der Waals surface area contributed by atoms with Crippen LogP contribution in [0.4, 0.5) is 0 Å². The van der Waals surface area contributed by atoms with Gasteiger partial charge in [-0.15, -0.1) is 0 Å². The van der Waals surface area contributed by atoms with Crippen LogP contribution >= 0.6 is 0 Å². The Bertz CT molecular complexity index is 2440. The molecule has 0 amide bonds. The largest absolute Gasteiger partial charge is 0.0622 e. The average Bonchev–Trinajstić information content (AvgIpc) is 3.32. The molecular weight excluding hydrogens is 540 g/mol. The second-order valence-corrected chi connectivity index (χ2v) is 12.9. The van der Waals surface area contributed by atoms with E-state index in [0.717, 1.165) is 0 Å². The molecule has 0 heterocycles. The zero-order valence-electron chi connectivity index (χ0n) is 25.5. The van der Waals surface area contributed by atoms with Crippen molar-refractivity contribution in [2.24, 2.45) is 0 Å². The monoisotopic (exact) mass is 572 g/mol. The zero-order chi connectivity index (χ0) is 30.1. The van der Waals surface area contributed by atoms with E-state index >= 15 is 0 Å². The van der Waals surface area contributed by atoms with Crippen molar-refractivity contribution in [3.63, 3.8) is 0 Å². The third-order valence-corrected chi connectivity index (χ3v) is 10.1. The van der Waals surface area contributed by atoms with Gasteiger partial charge < -0.3 is 0 Å². The van der Waals surface area contributed by atoms with Gasteiger partial charge in [0.05, 0.1) is 0 Å². The fourth-order valence-electron chi connectivity index (χ4n) is 7.70. The third-order valence-electron chi connectivity index (χ3n) is 10.1. The highest BCUT2D eigenvalue weighted by atomic mass is 14.4. The van der Waals surface area contributed by atoms with Crippen molar-refractivity contribution in [3.05, 3.63) is 169 Å². The highest BCUT2D eigenvalue weighted by molar-refractivity contribution is 6.14. The summed E-state index contributed by atoms with van der Waals surface area (Å²) in [7, 11) is 0. The van der Waals surface area contributed by atoms with E-state index in [1.807, 2.05) is 0 Å². The Morgan fingerprint density at radius 1 is 0.311 bits per heavy atom. The summed E-state index contributed by atoms with van der Waals surface area (Å²) in [6, 6.07) is 58.4. The molecule has 0 atom stereocenters. The quantitative estimate of drug-likeness (QED) is 0.185. The maximum atomic E-state index is 2.45. The Balaban J connectivity index is 1.19. The molecule has 212 valence electrons. The molecule has 0 aliphatic heterocycles. The number of hydrogen-bond acceptors (Lipinski definition) is 0. The molecule has 0 aromatic heterocycles. The second-order valence-electron chi connectivity index (χ2n) is 12.9. The van der Waals surface area contributed by atoms with Gasteiger partial charge in [-0.25, -0.2) is 0 Å². The minimum atomic E-state index is -0.0920. The van der Waals surface area contributed by atoms with E-state index in [4.69, 9.17) is 0 Å². The lowest BCUT2D eigenvalue weighted by atomic mass is 9.80. The minimum Gasteiger partial charge on any atom is -0.0622 e. The van der Waals surface area contributed by atoms with Gasteiger partial charge in [0.15, 0.2) is 0 Å². The first-order chi connectivity index (χ1) is 22.1. The molecule has 1 aliphatic carbocycles. The smallest absolute Gasteiger partial charge is 0.0159 e. The first-order valence-corrected chi connectivity index (χ1v) is 15.9. The number of rotatable bonds is 3. The summed E-state index contributed by atoms with van der Waals surface area (Å²) in [5, 5.41) is 7.71. The molecule has 0 saturated carbocycles. The Morgan fingerprint density at radius 2 is 0.911 bits per heavy atom. The molecule has 0 radical (unpaired) electrons. The summed E-state index contributed by atoms with van der Waals surface area (Å²) in [5.41, 5.74) is 13.0. The van der Waals surface area contributed by atoms with Crippen LogP contribution in [-0.2, 0) is 5.41 Å². The first kappa shape index (κ1) is 26.0. The summed E-state index contributed by atoms with van der Waals surface area (Å²) >= 11 is 0. The summed E-state index contributed by atoms with van der Waals surface area (Å²) in [6.07, 6.45) is 0. The maximum Gasteiger partial charge on any atom is 0.0159 e. The lowest BCUT2D eigenvalue weighted by molar-refractivity contribution is 0.661. The van der Waals surface area contributed by atoms with Gasteiger partial charge in [-0.1, -0.05) is 147 Å². The van der Waals surface area contributed by atoms with E-state index in [1.54, 1.807) is 0 Å². The molecule has 1 aliphatic rings. The van der Waals surface area contributed by atoms with Crippen molar-refractivity contribution in [1.29, 1.82) is 0 Å². The molecule has 0 spiro atoms. The van der Waals surface area contributed by atoms with Gasteiger partial charge >= 0.3 is 0 Å². The second kappa shape index (κ2) is 9.78. The molecule has 9 rings (SSSR count). The number of hydrogen-bond donors (Lipinski definition) is 0. The molecule has 8 aromatic carbocycles. The van der Waals surface area contributed by atoms with Crippen molar-refractivity contribution in [2.75, 3.05) is 0 Å². The van der Waals surface area contributed by atoms with E-state index in [-0.39, 0.29) is 5.41 Å². The van der Waals surface area contributed by atoms with Gasteiger partial charge in [0.25, 0.3) is 0 Å². The van der Waals surface area contributed by atoms with E-state index in [2.05, 4.69) is 172 Å². The van der Waals surface area contributed by atoms with Gasteiger partial charge in [-0.2, -0.15) is 0 Å². The van der Waals surface area contributed by atoms with E-state index in [9.17, 15) is 0 Å². The van der Waals surface area contributed by atoms with Crippen LogP contribution in [0.5, 0.6) is 0 Å². The van der Waals surface area contributed by atoms with Crippen LogP contribution in [0.2, 0.25) is 0 Å². The molecule has 0 unspecified atom stereocenters. The predicted molar refractivity (Wildman–Crippen MR) is 193 cm³/mol. The van der Waals surface area contributed by atoms with Crippen LogP contribution in [0, 0.1) is 0 Å². The topological polar surface area (TPSA) is 0 Å². The fraction of sp³-hybridized carbons (Fsp3) is 0.0667. The fourth-order valence-corrected chi connectivity index (χ4v) is 7.70. The molecule has 0 N–H and O–H groups in total. The van der Waals surface area contributed by atoms with Gasteiger partial charge in [-0.05, 0) is 112 Å². The van der Waals surface area contributed by atoms with Gasteiger partial charge in [0.1, 0.15) is 0 Å². The van der Waals surface area contributed by atoms with Crippen LogP contribution in [0.3, 0.4) is 0 Å².